The Kier molecular flexibility index (Phi) is 7.77. The molecule has 2 rings (SSSR count). The highest BCUT2D eigenvalue weighted by Crippen LogP contribution is 2.22. The highest BCUT2D eigenvalue weighted by Gasteiger charge is 2.11. The van der Waals surface area contributed by atoms with E-state index >= 15 is 0 Å². The van der Waals surface area contributed by atoms with Gasteiger partial charge in [0.25, 0.3) is 10.1 Å². The highest BCUT2D eigenvalue weighted by atomic mass is 32.2. The quantitative estimate of drug-likeness (QED) is 0.380. The first-order valence-electron chi connectivity index (χ1n) is 8.05. The van der Waals surface area contributed by atoms with Crippen molar-refractivity contribution in [1.82, 2.24) is 0 Å². The first-order valence-corrected chi connectivity index (χ1v) is 9.49. The third-order valence-electron chi connectivity index (χ3n) is 3.81. The number of carbonyl (C=O) groups is 1. The molecule has 1 atom stereocenters. The standard InChI is InChI=1S/C11H17N3O2.C7H8O3S/c1-6-3-8(12)10(4-7(6)2)14-5-9(13)11(15)16;1-6-2-4-7(5-3-6)11(8,9)10/h3-4,9,14H,5,12-13H2,1-2H3,(H,15,16);2-5H,1H3,(H,8,9,10)/t9-;/m1./s1. The van der Waals surface area contributed by atoms with Crippen molar-refractivity contribution in [3.63, 3.8) is 0 Å². The molecule has 8 nitrogen and oxygen atoms in total. The van der Waals surface area contributed by atoms with Crippen LogP contribution in [0.15, 0.2) is 41.3 Å². The molecule has 2 aromatic carbocycles. The summed E-state index contributed by atoms with van der Waals surface area (Å²) in [6, 6.07) is 8.80. The summed E-state index contributed by atoms with van der Waals surface area (Å²) >= 11 is 0. The summed E-state index contributed by atoms with van der Waals surface area (Å²) in [6.07, 6.45) is 0. The molecule has 0 unspecified atom stereocenters. The number of carboxylic acids is 1. The van der Waals surface area contributed by atoms with Crippen molar-refractivity contribution >= 4 is 27.5 Å². The maximum atomic E-state index is 10.5. The maximum Gasteiger partial charge on any atom is 0.322 e. The molecule has 2 aromatic rings. The molecule has 9 heteroatoms. The van der Waals surface area contributed by atoms with Crippen LogP contribution in [0.2, 0.25) is 0 Å². The highest BCUT2D eigenvalue weighted by molar-refractivity contribution is 7.85. The molecule has 0 amide bonds. The summed E-state index contributed by atoms with van der Waals surface area (Å²) in [5.74, 6) is -1.03. The van der Waals surface area contributed by atoms with Crippen molar-refractivity contribution in [1.29, 1.82) is 0 Å². The fourth-order valence-electron chi connectivity index (χ4n) is 2.01. The lowest BCUT2D eigenvalue weighted by atomic mass is 10.1. The lowest BCUT2D eigenvalue weighted by molar-refractivity contribution is -0.138. The number of nitrogens with one attached hydrogen (secondary N) is 1. The minimum atomic E-state index is -4.02. The number of carboxylic acid groups (broad SMARTS) is 1. The molecule has 7 N–H and O–H groups in total. The zero-order valence-electron chi connectivity index (χ0n) is 15.4. The first-order chi connectivity index (χ1) is 12.4. The molecule has 0 aliphatic rings. The van der Waals surface area contributed by atoms with Gasteiger partial charge in [0.15, 0.2) is 0 Å². The van der Waals surface area contributed by atoms with E-state index in [1.807, 2.05) is 32.9 Å². The Labute approximate surface area is 158 Å². The molecule has 0 fully saturated rings. The minimum absolute atomic E-state index is 0.0666. The molecule has 0 radical (unpaired) electrons. The Morgan fingerprint density at radius 2 is 1.63 bits per heavy atom. The van der Waals surface area contributed by atoms with E-state index in [0.717, 1.165) is 22.4 Å². The molecule has 0 saturated heterocycles. The largest absolute Gasteiger partial charge is 0.480 e. The van der Waals surface area contributed by atoms with Crippen LogP contribution in [0.5, 0.6) is 0 Å². The van der Waals surface area contributed by atoms with Gasteiger partial charge in [-0.1, -0.05) is 17.7 Å². The molecule has 0 heterocycles. The van der Waals surface area contributed by atoms with Crippen LogP contribution in [0.25, 0.3) is 0 Å². The van der Waals surface area contributed by atoms with E-state index in [2.05, 4.69) is 5.32 Å². The Morgan fingerprint density at radius 1 is 1.11 bits per heavy atom. The van der Waals surface area contributed by atoms with Crippen molar-refractivity contribution in [2.45, 2.75) is 31.7 Å². The van der Waals surface area contributed by atoms with Crippen LogP contribution in [0.1, 0.15) is 16.7 Å². The Morgan fingerprint density at radius 3 is 2.11 bits per heavy atom. The average molecular weight is 395 g/mol. The average Bonchev–Trinajstić information content (AvgIpc) is 2.56. The van der Waals surface area contributed by atoms with Crippen molar-refractivity contribution in [2.24, 2.45) is 5.73 Å². The number of hydrogen-bond acceptors (Lipinski definition) is 6. The predicted octanol–water partition coefficient (Wildman–Crippen LogP) is 1.95. The molecular weight excluding hydrogens is 370 g/mol. The van der Waals surface area contributed by atoms with E-state index in [9.17, 15) is 13.2 Å². The molecule has 0 aliphatic carbocycles. The van der Waals surface area contributed by atoms with Crippen LogP contribution in [0, 0.1) is 20.8 Å². The van der Waals surface area contributed by atoms with Gasteiger partial charge in [-0.25, -0.2) is 0 Å². The molecule has 0 aliphatic heterocycles. The van der Waals surface area contributed by atoms with E-state index < -0.39 is 22.1 Å². The lowest BCUT2D eigenvalue weighted by Crippen LogP contribution is -2.37. The van der Waals surface area contributed by atoms with Gasteiger partial charge in [0.1, 0.15) is 6.04 Å². The molecule has 0 aromatic heterocycles. The van der Waals surface area contributed by atoms with Crippen molar-refractivity contribution in [2.75, 3.05) is 17.6 Å². The first kappa shape index (κ1) is 22.4. The van der Waals surface area contributed by atoms with Gasteiger partial charge in [0.05, 0.1) is 16.3 Å². The Hall–Kier alpha value is -2.62. The van der Waals surface area contributed by atoms with Gasteiger partial charge < -0.3 is 21.9 Å². The second-order valence-corrected chi connectivity index (χ2v) is 7.56. The van der Waals surface area contributed by atoms with Crippen molar-refractivity contribution < 1.29 is 22.9 Å². The predicted molar refractivity (Wildman–Crippen MR) is 105 cm³/mol. The summed E-state index contributed by atoms with van der Waals surface area (Å²) < 4.78 is 29.6. The summed E-state index contributed by atoms with van der Waals surface area (Å²) in [4.78, 5) is 10.5. The maximum absolute atomic E-state index is 10.5. The second kappa shape index (κ2) is 9.36. The summed E-state index contributed by atoms with van der Waals surface area (Å²) in [7, 11) is -4.02. The molecule has 148 valence electrons. The third-order valence-corrected chi connectivity index (χ3v) is 4.68. The fraction of sp³-hybridized carbons (Fsp3) is 0.278. The van der Waals surface area contributed by atoms with Crippen LogP contribution >= 0.6 is 0 Å². The number of benzene rings is 2. The van der Waals surface area contributed by atoms with E-state index in [0.29, 0.717) is 5.69 Å². The molecule has 0 spiro atoms. The summed E-state index contributed by atoms with van der Waals surface area (Å²) in [6.45, 7) is 5.94. The monoisotopic (exact) mass is 395 g/mol. The zero-order chi connectivity index (χ0) is 20.8. The van der Waals surface area contributed by atoms with Crippen LogP contribution in [0.3, 0.4) is 0 Å². The van der Waals surface area contributed by atoms with Gasteiger partial charge in [-0.15, -0.1) is 0 Å². The number of nitrogen functional groups attached to an aromatic ring is 1. The van der Waals surface area contributed by atoms with Crippen LogP contribution in [-0.2, 0) is 14.9 Å². The fourth-order valence-corrected chi connectivity index (χ4v) is 2.49. The van der Waals surface area contributed by atoms with Crippen molar-refractivity contribution in [3.05, 3.63) is 53.1 Å². The number of nitrogens with two attached hydrogens (primary N) is 2. The van der Waals surface area contributed by atoms with Crippen molar-refractivity contribution in [3.8, 4) is 0 Å². The minimum Gasteiger partial charge on any atom is -0.480 e. The molecule has 27 heavy (non-hydrogen) atoms. The summed E-state index contributed by atoms with van der Waals surface area (Å²) in [5, 5.41) is 11.6. The van der Waals surface area contributed by atoms with Gasteiger partial charge in [-0.3, -0.25) is 9.35 Å². The number of aryl methyl sites for hydroxylation is 3. The van der Waals surface area contributed by atoms with Gasteiger partial charge in [-0.05, 0) is 56.2 Å². The van der Waals surface area contributed by atoms with E-state index in [-0.39, 0.29) is 11.4 Å². The number of rotatable bonds is 5. The lowest BCUT2D eigenvalue weighted by Gasteiger charge is -2.13. The molecule has 0 saturated carbocycles. The number of aliphatic carboxylic acids is 1. The number of hydrogen-bond donors (Lipinski definition) is 5. The second-order valence-electron chi connectivity index (χ2n) is 6.14. The van der Waals surface area contributed by atoms with Gasteiger partial charge in [0.2, 0.25) is 0 Å². The SMILES string of the molecule is Cc1cc(N)c(NC[C@@H](N)C(=O)O)cc1C.Cc1ccc(S(=O)(=O)O)cc1. The van der Waals surface area contributed by atoms with Crippen LogP contribution in [-0.4, -0.2) is 36.6 Å². The van der Waals surface area contributed by atoms with E-state index in [1.54, 1.807) is 12.1 Å². The smallest absolute Gasteiger partial charge is 0.322 e. The Balaban J connectivity index is 0.000000289. The molecule has 0 bridgehead atoms. The Bertz CT molecular complexity index is 896. The zero-order valence-corrected chi connectivity index (χ0v) is 16.2. The van der Waals surface area contributed by atoms with E-state index in [4.69, 9.17) is 21.1 Å². The van der Waals surface area contributed by atoms with Gasteiger partial charge in [0, 0.05) is 6.54 Å². The van der Waals surface area contributed by atoms with Gasteiger partial charge >= 0.3 is 5.97 Å². The summed E-state index contributed by atoms with van der Waals surface area (Å²) in [5.41, 5.74) is 15.7. The van der Waals surface area contributed by atoms with Gasteiger partial charge in [-0.2, -0.15) is 8.42 Å². The van der Waals surface area contributed by atoms with Crippen LogP contribution in [0.4, 0.5) is 11.4 Å². The molecular formula is C18H25N3O5S. The normalized spacial score (nSPS) is 11.9. The topological polar surface area (TPSA) is 156 Å². The van der Waals surface area contributed by atoms with Crippen LogP contribution < -0.4 is 16.8 Å². The van der Waals surface area contributed by atoms with E-state index in [1.165, 1.54) is 12.1 Å². The third kappa shape index (κ3) is 7.26. The number of anilines is 2.